The maximum atomic E-state index is 6.11. The maximum absolute atomic E-state index is 6.11. The van der Waals surface area contributed by atoms with E-state index < -0.39 is 0 Å². The third-order valence-corrected chi connectivity index (χ3v) is 4.19. The monoisotopic (exact) mass is 291 g/mol. The standard InChI is InChI=1S/C11H18ClN3O2S/c1-15-3-4-17-8(7-15)5-13-6-9-10(12)11(16-2)14-18-9/h8,13H,3-7H2,1-2H3/t8-/m0/s1. The Bertz CT molecular complexity index is 388. The molecule has 0 amide bonds. The Morgan fingerprint density at radius 1 is 1.67 bits per heavy atom. The lowest BCUT2D eigenvalue weighted by Crippen LogP contribution is -2.44. The summed E-state index contributed by atoms with van der Waals surface area (Å²) in [4.78, 5) is 3.27. The summed E-state index contributed by atoms with van der Waals surface area (Å²) in [6.07, 6.45) is 0.248. The van der Waals surface area contributed by atoms with Crippen LogP contribution < -0.4 is 10.1 Å². The van der Waals surface area contributed by atoms with E-state index in [1.807, 2.05) is 0 Å². The first-order valence-electron chi connectivity index (χ1n) is 5.89. The molecule has 0 spiro atoms. The molecule has 1 aromatic rings. The molecule has 5 nitrogen and oxygen atoms in total. The molecule has 102 valence electrons. The second-order valence-electron chi connectivity index (χ2n) is 4.31. The van der Waals surface area contributed by atoms with Crippen LogP contribution in [0.2, 0.25) is 5.02 Å². The molecular weight excluding hydrogens is 274 g/mol. The maximum Gasteiger partial charge on any atom is 0.244 e. The molecule has 0 radical (unpaired) electrons. The van der Waals surface area contributed by atoms with E-state index in [-0.39, 0.29) is 6.10 Å². The van der Waals surface area contributed by atoms with Crippen molar-refractivity contribution >= 4 is 23.1 Å². The molecule has 0 saturated carbocycles. The molecule has 18 heavy (non-hydrogen) atoms. The van der Waals surface area contributed by atoms with E-state index in [2.05, 4.69) is 21.6 Å². The minimum atomic E-state index is 0.248. The molecule has 1 aliphatic rings. The van der Waals surface area contributed by atoms with Crippen molar-refractivity contribution in [1.82, 2.24) is 14.6 Å². The van der Waals surface area contributed by atoms with Gasteiger partial charge in [-0.3, -0.25) is 0 Å². The Morgan fingerprint density at radius 3 is 3.17 bits per heavy atom. The van der Waals surface area contributed by atoms with Gasteiger partial charge in [-0.15, -0.1) is 0 Å². The number of nitrogens with zero attached hydrogens (tertiary/aromatic N) is 2. The van der Waals surface area contributed by atoms with Crippen molar-refractivity contribution in [3.05, 3.63) is 9.90 Å². The van der Waals surface area contributed by atoms with Gasteiger partial charge in [0, 0.05) is 26.2 Å². The minimum Gasteiger partial charge on any atom is -0.479 e. The second-order valence-corrected chi connectivity index (χ2v) is 5.55. The van der Waals surface area contributed by atoms with Gasteiger partial charge < -0.3 is 19.7 Å². The number of hydrogen-bond donors (Lipinski definition) is 1. The molecule has 2 rings (SSSR count). The van der Waals surface area contributed by atoms with E-state index in [0.717, 1.165) is 31.1 Å². The molecule has 1 saturated heterocycles. The van der Waals surface area contributed by atoms with Gasteiger partial charge in [-0.2, -0.15) is 4.37 Å². The normalized spacial score (nSPS) is 21.2. The summed E-state index contributed by atoms with van der Waals surface area (Å²) in [5.41, 5.74) is 0. The van der Waals surface area contributed by atoms with Gasteiger partial charge in [-0.1, -0.05) is 11.6 Å². The highest BCUT2D eigenvalue weighted by Crippen LogP contribution is 2.30. The van der Waals surface area contributed by atoms with Crippen molar-refractivity contribution in [2.45, 2.75) is 12.6 Å². The van der Waals surface area contributed by atoms with E-state index in [9.17, 15) is 0 Å². The van der Waals surface area contributed by atoms with Gasteiger partial charge >= 0.3 is 0 Å². The predicted molar refractivity (Wildman–Crippen MR) is 72.6 cm³/mol. The largest absolute Gasteiger partial charge is 0.479 e. The Balaban J connectivity index is 1.76. The Morgan fingerprint density at radius 2 is 2.50 bits per heavy atom. The summed E-state index contributed by atoms with van der Waals surface area (Å²) in [6.45, 7) is 4.30. The third-order valence-electron chi connectivity index (χ3n) is 2.86. The predicted octanol–water partition coefficient (Wildman–Crippen LogP) is 1.23. The van der Waals surface area contributed by atoms with Gasteiger partial charge in [0.25, 0.3) is 0 Å². The number of likely N-dealkylation sites (N-methyl/N-ethyl adjacent to an activating group) is 1. The lowest BCUT2D eigenvalue weighted by Gasteiger charge is -2.30. The van der Waals surface area contributed by atoms with Gasteiger partial charge in [0.05, 0.1) is 24.7 Å². The molecule has 1 atom stereocenters. The third kappa shape index (κ3) is 3.55. The van der Waals surface area contributed by atoms with Gasteiger partial charge in [0.2, 0.25) is 5.88 Å². The summed E-state index contributed by atoms with van der Waals surface area (Å²) in [5, 5.41) is 3.96. The van der Waals surface area contributed by atoms with Gasteiger partial charge in [0.15, 0.2) is 0 Å². The highest BCUT2D eigenvalue weighted by Gasteiger charge is 2.18. The number of hydrogen-bond acceptors (Lipinski definition) is 6. The van der Waals surface area contributed by atoms with Gasteiger partial charge in [-0.25, -0.2) is 0 Å². The zero-order chi connectivity index (χ0) is 13.0. The zero-order valence-electron chi connectivity index (χ0n) is 10.6. The van der Waals surface area contributed by atoms with Crippen LogP contribution in [0.25, 0.3) is 0 Å². The lowest BCUT2D eigenvalue weighted by atomic mass is 10.3. The molecule has 7 heteroatoms. The molecule has 0 unspecified atom stereocenters. The Labute approximate surface area is 116 Å². The van der Waals surface area contributed by atoms with Crippen LogP contribution in [-0.2, 0) is 11.3 Å². The van der Waals surface area contributed by atoms with Crippen molar-refractivity contribution in [1.29, 1.82) is 0 Å². The van der Waals surface area contributed by atoms with Gasteiger partial charge in [-0.05, 0) is 18.6 Å². The average Bonchev–Trinajstić information content (AvgIpc) is 2.71. The van der Waals surface area contributed by atoms with Crippen LogP contribution in [0.15, 0.2) is 0 Å². The number of ether oxygens (including phenoxy) is 2. The molecule has 1 aromatic heterocycles. The van der Waals surface area contributed by atoms with Crippen molar-refractivity contribution < 1.29 is 9.47 Å². The van der Waals surface area contributed by atoms with Crippen LogP contribution in [-0.4, -0.2) is 55.8 Å². The molecule has 1 fully saturated rings. The summed E-state index contributed by atoms with van der Waals surface area (Å²) < 4.78 is 14.8. The fraction of sp³-hybridized carbons (Fsp3) is 0.727. The molecule has 0 aliphatic carbocycles. The van der Waals surface area contributed by atoms with E-state index in [1.165, 1.54) is 11.5 Å². The topological polar surface area (TPSA) is 46.6 Å². The minimum absolute atomic E-state index is 0.248. The first-order chi connectivity index (χ1) is 8.70. The molecular formula is C11H18ClN3O2S. The quantitative estimate of drug-likeness (QED) is 0.884. The lowest BCUT2D eigenvalue weighted by molar-refractivity contribution is -0.0181. The Kier molecular flexibility index (Phi) is 5.20. The van der Waals surface area contributed by atoms with E-state index in [0.29, 0.717) is 17.4 Å². The fourth-order valence-electron chi connectivity index (χ4n) is 1.87. The van der Waals surface area contributed by atoms with Crippen molar-refractivity contribution in [2.24, 2.45) is 0 Å². The summed E-state index contributed by atoms with van der Waals surface area (Å²) >= 11 is 7.48. The highest BCUT2D eigenvalue weighted by molar-refractivity contribution is 7.06. The molecule has 2 heterocycles. The van der Waals surface area contributed by atoms with Crippen molar-refractivity contribution in [2.75, 3.05) is 40.4 Å². The van der Waals surface area contributed by atoms with Crippen LogP contribution in [0.3, 0.4) is 0 Å². The van der Waals surface area contributed by atoms with Crippen LogP contribution in [0, 0.1) is 0 Å². The second kappa shape index (κ2) is 6.68. The first kappa shape index (κ1) is 14.0. The van der Waals surface area contributed by atoms with Crippen molar-refractivity contribution in [3.8, 4) is 5.88 Å². The number of rotatable bonds is 5. The summed E-state index contributed by atoms with van der Waals surface area (Å²) in [6, 6.07) is 0. The van der Waals surface area contributed by atoms with E-state index >= 15 is 0 Å². The molecule has 1 aliphatic heterocycles. The smallest absolute Gasteiger partial charge is 0.244 e. The average molecular weight is 292 g/mol. The van der Waals surface area contributed by atoms with Crippen LogP contribution in [0.5, 0.6) is 5.88 Å². The SMILES string of the molecule is COc1nsc(CNC[C@H]2CN(C)CCO2)c1Cl. The number of halogens is 1. The molecule has 0 aromatic carbocycles. The fourth-order valence-corrected chi connectivity index (χ4v) is 2.90. The molecule has 1 N–H and O–H groups in total. The first-order valence-corrected chi connectivity index (χ1v) is 7.04. The van der Waals surface area contributed by atoms with E-state index in [4.69, 9.17) is 21.1 Å². The number of morpholine rings is 1. The van der Waals surface area contributed by atoms with Crippen molar-refractivity contribution in [3.63, 3.8) is 0 Å². The molecule has 0 bridgehead atoms. The van der Waals surface area contributed by atoms with Crippen LogP contribution >= 0.6 is 23.1 Å². The highest BCUT2D eigenvalue weighted by atomic mass is 35.5. The Hall–Kier alpha value is -0.400. The number of methoxy groups -OCH3 is 1. The van der Waals surface area contributed by atoms with Crippen LogP contribution in [0.1, 0.15) is 4.88 Å². The van der Waals surface area contributed by atoms with E-state index in [1.54, 1.807) is 7.11 Å². The summed E-state index contributed by atoms with van der Waals surface area (Å²) in [7, 11) is 3.68. The summed E-state index contributed by atoms with van der Waals surface area (Å²) in [5.74, 6) is 0.507. The van der Waals surface area contributed by atoms with Crippen LogP contribution in [0.4, 0.5) is 0 Å². The van der Waals surface area contributed by atoms with Gasteiger partial charge in [0.1, 0.15) is 5.02 Å². The zero-order valence-corrected chi connectivity index (χ0v) is 12.2. The number of nitrogens with one attached hydrogen (secondary N) is 1. The number of aromatic nitrogens is 1.